The smallest absolute Gasteiger partial charge is 0.101 e. The van der Waals surface area contributed by atoms with Crippen molar-refractivity contribution in [3.63, 3.8) is 0 Å². The fourth-order valence-electron chi connectivity index (χ4n) is 3.89. The number of aliphatic hydroxyl groups excluding tert-OH is 1. The van der Waals surface area contributed by atoms with Gasteiger partial charge in [0.05, 0.1) is 28.5 Å². The number of piperidine rings is 1. The molecule has 22 heavy (non-hydrogen) atoms. The van der Waals surface area contributed by atoms with Gasteiger partial charge < -0.3 is 14.7 Å². The predicted octanol–water partition coefficient (Wildman–Crippen LogP) is 2.97. The van der Waals surface area contributed by atoms with Gasteiger partial charge in [0.1, 0.15) is 6.07 Å². The summed E-state index contributed by atoms with van der Waals surface area (Å²) in [6.45, 7) is 4.26. The molecule has 4 nitrogen and oxygen atoms in total. The van der Waals surface area contributed by atoms with Gasteiger partial charge >= 0.3 is 0 Å². The van der Waals surface area contributed by atoms with Crippen LogP contribution in [0.15, 0.2) is 18.2 Å². The van der Waals surface area contributed by atoms with Gasteiger partial charge in [-0.1, -0.05) is 17.7 Å². The molecule has 3 rings (SSSR count). The van der Waals surface area contributed by atoms with Crippen molar-refractivity contribution in [2.75, 3.05) is 24.6 Å². The number of para-hydroxylation sites is 1. The number of nitriles is 1. The summed E-state index contributed by atoms with van der Waals surface area (Å²) in [6.07, 6.45) is 2.37. The summed E-state index contributed by atoms with van der Waals surface area (Å²) in [6, 6.07) is 7.64. The highest BCUT2D eigenvalue weighted by Crippen LogP contribution is 2.51. The van der Waals surface area contributed by atoms with E-state index >= 15 is 0 Å². The molecule has 0 amide bonds. The molecule has 1 saturated heterocycles. The molecule has 0 unspecified atom stereocenters. The molecule has 1 aromatic rings. The fraction of sp³-hybridized carbons (Fsp3) is 0.588. The van der Waals surface area contributed by atoms with Crippen LogP contribution in [-0.2, 0) is 4.74 Å². The molecular weight excluding hydrogens is 300 g/mol. The van der Waals surface area contributed by atoms with Crippen LogP contribution in [0.5, 0.6) is 0 Å². The van der Waals surface area contributed by atoms with Gasteiger partial charge in [0.25, 0.3) is 0 Å². The van der Waals surface area contributed by atoms with Crippen LogP contribution in [0.25, 0.3) is 0 Å². The van der Waals surface area contributed by atoms with Gasteiger partial charge in [0, 0.05) is 31.5 Å². The van der Waals surface area contributed by atoms with Crippen LogP contribution in [0.3, 0.4) is 0 Å². The number of halogens is 1. The lowest BCUT2D eigenvalue weighted by Gasteiger charge is -2.57. The van der Waals surface area contributed by atoms with Crippen LogP contribution in [0.4, 0.5) is 5.69 Å². The molecule has 1 aromatic carbocycles. The molecule has 2 atom stereocenters. The molecule has 1 saturated carbocycles. The van der Waals surface area contributed by atoms with Crippen LogP contribution in [0.2, 0.25) is 5.02 Å². The van der Waals surface area contributed by atoms with Gasteiger partial charge in [-0.15, -0.1) is 0 Å². The van der Waals surface area contributed by atoms with Crippen molar-refractivity contribution < 1.29 is 9.84 Å². The van der Waals surface area contributed by atoms with Gasteiger partial charge in [0.15, 0.2) is 0 Å². The topological polar surface area (TPSA) is 56.5 Å². The van der Waals surface area contributed by atoms with E-state index in [-0.39, 0.29) is 17.6 Å². The second-order valence-corrected chi connectivity index (χ2v) is 6.57. The molecule has 5 heteroatoms. The summed E-state index contributed by atoms with van der Waals surface area (Å²) >= 11 is 6.30. The maximum atomic E-state index is 10.3. The Morgan fingerprint density at radius 3 is 2.77 bits per heavy atom. The SMILES string of the molecule is CCO[C@H]1C[C@H](O)C12CCN(c1c(Cl)cccc1C#N)CC2. The maximum absolute atomic E-state index is 10.3. The monoisotopic (exact) mass is 320 g/mol. The fourth-order valence-corrected chi connectivity index (χ4v) is 4.18. The number of ether oxygens (including phenoxy) is 1. The second-order valence-electron chi connectivity index (χ2n) is 6.16. The number of nitrogens with zero attached hydrogens (tertiary/aromatic N) is 2. The quantitative estimate of drug-likeness (QED) is 0.930. The minimum absolute atomic E-state index is 0.111. The lowest BCUT2D eigenvalue weighted by molar-refractivity contribution is -0.199. The highest BCUT2D eigenvalue weighted by molar-refractivity contribution is 6.33. The minimum atomic E-state index is -0.270. The first-order valence-electron chi connectivity index (χ1n) is 7.85. The lowest BCUT2D eigenvalue weighted by atomic mass is 9.58. The Kier molecular flexibility index (Phi) is 4.31. The molecule has 1 N–H and O–H groups in total. The van der Waals surface area contributed by atoms with E-state index in [1.165, 1.54) is 0 Å². The summed E-state index contributed by atoms with van der Waals surface area (Å²) in [5, 5.41) is 20.2. The molecule has 118 valence electrons. The summed E-state index contributed by atoms with van der Waals surface area (Å²) in [5.41, 5.74) is 1.32. The molecule has 1 spiro atoms. The van der Waals surface area contributed by atoms with Crippen molar-refractivity contribution in [1.82, 2.24) is 0 Å². The number of benzene rings is 1. The molecule has 2 aliphatic rings. The summed E-state index contributed by atoms with van der Waals surface area (Å²) in [7, 11) is 0. The van der Waals surface area contributed by atoms with Gasteiger partial charge in [-0.05, 0) is 31.9 Å². The molecule has 0 aromatic heterocycles. The van der Waals surface area contributed by atoms with E-state index in [2.05, 4.69) is 11.0 Å². The van der Waals surface area contributed by atoms with Crippen LogP contribution in [0, 0.1) is 16.7 Å². The summed E-state index contributed by atoms with van der Waals surface area (Å²) in [4.78, 5) is 2.17. The van der Waals surface area contributed by atoms with E-state index in [0.29, 0.717) is 17.2 Å². The second kappa shape index (κ2) is 6.08. The Labute approximate surface area is 136 Å². The summed E-state index contributed by atoms with van der Waals surface area (Å²) in [5.74, 6) is 0. The molecule has 1 aliphatic heterocycles. The highest BCUT2D eigenvalue weighted by atomic mass is 35.5. The highest BCUT2D eigenvalue weighted by Gasteiger charge is 2.56. The van der Waals surface area contributed by atoms with Gasteiger partial charge in [-0.2, -0.15) is 5.26 Å². The molecule has 1 heterocycles. The zero-order valence-electron chi connectivity index (χ0n) is 12.8. The van der Waals surface area contributed by atoms with Crippen LogP contribution in [0.1, 0.15) is 31.7 Å². The standard InChI is InChI=1S/C17H21ClN2O2/c1-2-22-15-10-14(21)17(15)6-8-20(9-7-17)16-12(11-19)4-3-5-13(16)18/h3-5,14-15,21H,2,6-10H2,1H3/t14-,15-/m0/s1. The number of rotatable bonds is 3. The first-order chi connectivity index (χ1) is 10.6. The number of hydrogen-bond acceptors (Lipinski definition) is 4. The van der Waals surface area contributed by atoms with Crippen LogP contribution in [-0.4, -0.2) is 37.0 Å². The largest absolute Gasteiger partial charge is 0.392 e. The van der Waals surface area contributed by atoms with Gasteiger partial charge in [-0.3, -0.25) is 0 Å². The number of aliphatic hydroxyl groups is 1. The van der Waals surface area contributed by atoms with Gasteiger partial charge in [0.2, 0.25) is 0 Å². The Balaban J connectivity index is 1.77. The van der Waals surface area contributed by atoms with Crippen molar-refractivity contribution in [3.8, 4) is 6.07 Å². The zero-order chi connectivity index (χ0) is 15.7. The number of anilines is 1. The van der Waals surface area contributed by atoms with Crippen molar-refractivity contribution in [2.24, 2.45) is 5.41 Å². The first kappa shape index (κ1) is 15.6. The summed E-state index contributed by atoms with van der Waals surface area (Å²) < 4.78 is 5.79. The van der Waals surface area contributed by atoms with Crippen molar-refractivity contribution >= 4 is 17.3 Å². The minimum Gasteiger partial charge on any atom is -0.392 e. The van der Waals surface area contributed by atoms with E-state index in [1.807, 2.05) is 13.0 Å². The normalized spacial score (nSPS) is 26.5. The van der Waals surface area contributed by atoms with E-state index in [1.54, 1.807) is 12.1 Å². The van der Waals surface area contributed by atoms with E-state index in [9.17, 15) is 10.4 Å². The van der Waals surface area contributed by atoms with E-state index in [0.717, 1.165) is 38.0 Å². The third-order valence-corrected chi connectivity index (χ3v) is 5.53. The van der Waals surface area contributed by atoms with Crippen LogP contribution >= 0.6 is 11.6 Å². The van der Waals surface area contributed by atoms with Crippen LogP contribution < -0.4 is 4.90 Å². The first-order valence-corrected chi connectivity index (χ1v) is 8.23. The van der Waals surface area contributed by atoms with Crippen molar-refractivity contribution in [3.05, 3.63) is 28.8 Å². The van der Waals surface area contributed by atoms with E-state index in [4.69, 9.17) is 16.3 Å². The maximum Gasteiger partial charge on any atom is 0.101 e. The van der Waals surface area contributed by atoms with Crippen molar-refractivity contribution in [1.29, 1.82) is 5.26 Å². The predicted molar refractivity (Wildman–Crippen MR) is 86.1 cm³/mol. The third-order valence-electron chi connectivity index (χ3n) is 5.23. The molecular formula is C17H21ClN2O2. The third kappa shape index (κ3) is 2.38. The van der Waals surface area contributed by atoms with E-state index < -0.39 is 0 Å². The molecule has 0 bridgehead atoms. The Morgan fingerprint density at radius 1 is 1.45 bits per heavy atom. The zero-order valence-corrected chi connectivity index (χ0v) is 13.5. The average molecular weight is 321 g/mol. The molecule has 0 radical (unpaired) electrons. The Hall–Kier alpha value is -1.28. The van der Waals surface area contributed by atoms with Crippen molar-refractivity contribution in [2.45, 2.75) is 38.4 Å². The number of hydrogen-bond donors (Lipinski definition) is 1. The average Bonchev–Trinajstić information content (AvgIpc) is 2.54. The Bertz CT molecular complexity index is 589. The molecule has 1 aliphatic carbocycles. The molecule has 2 fully saturated rings. The Morgan fingerprint density at radius 2 is 2.18 bits per heavy atom. The van der Waals surface area contributed by atoms with Gasteiger partial charge in [-0.25, -0.2) is 0 Å². The lowest BCUT2D eigenvalue weighted by Crippen LogP contribution is -2.62.